The molecule has 0 saturated carbocycles. The zero-order chi connectivity index (χ0) is 12.8. The van der Waals surface area contributed by atoms with Crippen LogP contribution in [-0.4, -0.2) is 22.3 Å². The lowest BCUT2D eigenvalue weighted by atomic mass is 10.3. The largest absolute Gasteiger partial charge is 0.493 e. The third kappa shape index (κ3) is 3.62. The van der Waals surface area contributed by atoms with E-state index in [0.29, 0.717) is 18.7 Å². The highest BCUT2D eigenvalue weighted by molar-refractivity contribution is 5.90. The number of benzene rings is 1. The first kappa shape index (κ1) is 12.2. The molecule has 1 heterocycles. The molecule has 0 unspecified atom stereocenters. The van der Waals surface area contributed by atoms with Crippen LogP contribution in [0.4, 0.5) is 5.69 Å². The van der Waals surface area contributed by atoms with Crippen molar-refractivity contribution in [1.29, 1.82) is 0 Å². The van der Waals surface area contributed by atoms with Crippen molar-refractivity contribution in [3.05, 3.63) is 42.7 Å². The van der Waals surface area contributed by atoms with Gasteiger partial charge in [0.15, 0.2) is 0 Å². The molecule has 0 aliphatic heterocycles. The van der Waals surface area contributed by atoms with Gasteiger partial charge in [0.2, 0.25) is 5.91 Å². The van der Waals surface area contributed by atoms with E-state index in [4.69, 9.17) is 4.74 Å². The first-order chi connectivity index (χ1) is 8.74. The first-order valence-electron chi connectivity index (χ1n) is 5.70. The normalized spacial score (nSPS) is 10.1. The number of carbonyl (C=O) groups is 1. The summed E-state index contributed by atoms with van der Waals surface area (Å²) in [5.74, 6) is 0.686. The van der Waals surface area contributed by atoms with Crippen molar-refractivity contribution in [2.45, 2.75) is 6.42 Å². The standard InChI is InChI=1S/C13H15N3O2/c1-16-10-11(9-14-16)15-13(17)7-8-18-12-5-3-2-4-6-12/h2-6,9-10H,7-8H2,1H3,(H,15,17). The number of anilines is 1. The lowest BCUT2D eigenvalue weighted by Gasteiger charge is -2.05. The van der Waals surface area contributed by atoms with Gasteiger partial charge in [-0.2, -0.15) is 5.10 Å². The van der Waals surface area contributed by atoms with Crippen molar-refractivity contribution in [1.82, 2.24) is 9.78 Å². The molecular formula is C13H15N3O2. The molecule has 0 spiro atoms. The molecule has 1 amide bonds. The Morgan fingerprint density at radius 3 is 2.83 bits per heavy atom. The number of aromatic nitrogens is 2. The van der Waals surface area contributed by atoms with Gasteiger partial charge in [-0.1, -0.05) is 18.2 Å². The summed E-state index contributed by atoms with van der Waals surface area (Å²) in [6, 6.07) is 9.43. The van der Waals surface area contributed by atoms with Gasteiger partial charge in [-0.3, -0.25) is 9.48 Å². The second-order valence-electron chi connectivity index (χ2n) is 3.86. The van der Waals surface area contributed by atoms with Crippen LogP contribution in [0.5, 0.6) is 5.75 Å². The highest BCUT2D eigenvalue weighted by Gasteiger charge is 2.04. The molecule has 0 aliphatic carbocycles. The number of para-hydroxylation sites is 1. The number of nitrogens with one attached hydrogen (secondary N) is 1. The number of hydrogen-bond donors (Lipinski definition) is 1. The number of hydrogen-bond acceptors (Lipinski definition) is 3. The molecule has 94 valence electrons. The van der Waals surface area contributed by atoms with E-state index in [1.54, 1.807) is 24.1 Å². The summed E-state index contributed by atoms with van der Waals surface area (Å²) < 4.78 is 7.07. The van der Waals surface area contributed by atoms with Gasteiger partial charge in [-0.25, -0.2) is 0 Å². The van der Waals surface area contributed by atoms with E-state index >= 15 is 0 Å². The molecule has 0 saturated heterocycles. The Morgan fingerprint density at radius 2 is 2.17 bits per heavy atom. The molecule has 1 aromatic carbocycles. The van der Waals surface area contributed by atoms with E-state index in [1.165, 1.54) is 0 Å². The van der Waals surface area contributed by atoms with Crippen molar-refractivity contribution in [2.75, 3.05) is 11.9 Å². The predicted octanol–water partition coefficient (Wildman–Crippen LogP) is 1.83. The van der Waals surface area contributed by atoms with Gasteiger partial charge in [0.05, 0.1) is 24.9 Å². The van der Waals surface area contributed by atoms with Crippen molar-refractivity contribution >= 4 is 11.6 Å². The molecule has 0 radical (unpaired) electrons. The molecule has 0 aliphatic rings. The monoisotopic (exact) mass is 245 g/mol. The minimum Gasteiger partial charge on any atom is -0.493 e. The minimum absolute atomic E-state index is 0.0843. The Balaban J connectivity index is 1.72. The second-order valence-corrected chi connectivity index (χ2v) is 3.86. The van der Waals surface area contributed by atoms with Crippen molar-refractivity contribution in [3.8, 4) is 5.75 Å². The average molecular weight is 245 g/mol. The van der Waals surface area contributed by atoms with Crippen molar-refractivity contribution in [2.24, 2.45) is 7.05 Å². The Bertz CT molecular complexity index is 508. The molecule has 5 heteroatoms. The van der Waals surface area contributed by atoms with Crippen LogP contribution >= 0.6 is 0 Å². The van der Waals surface area contributed by atoms with Crippen LogP contribution < -0.4 is 10.1 Å². The quantitative estimate of drug-likeness (QED) is 0.874. The SMILES string of the molecule is Cn1cc(NC(=O)CCOc2ccccc2)cn1. The van der Waals surface area contributed by atoms with Crippen LogP contribution in [-0.2, 0) is 11.8 Å². The molecular weight excluding hydrogens is 230 g/mol. The van der Waals surface area contributed by atoms with Gasteiger partial charge in [0.1, 0.15) is 5.75 Å². The Morgan fingerprint density at radius 1 is 1.39 bits per heavy atom. The minimum atomic E-state index is -0.0843. The highest BCUT2D eigenvalue weighted by Crippen LogP contribution is 2.09. The summed E-state index contributed by atoms with van der Waals surface area (Å²) in [6.07, 6.45) is 3.66. The molecule has 2 aromatic rings. The van der Waals surface area contributed by atoms with E-state index in [2.05, 4.69) is 10.4 Å². The highest BCUT2D eigenvalue weighted by atomic mass is 16.5. The third-order valence-corrected chi connectivity index (χ3v) is 2.33. The van der Waals surface area contributed by atoms with Gasteiger partial charge >= 0.3 is 0 Å². The molecule has 0 atom stereocenters. The number of nitrogens with zero attached hydrogens (tertiary/aromatic N) is 2. The number of ether oxygens (including phenoxy) is 1. The van der Waals surface area contributed by atoms with E-state index in [0.717, 1.165) is 5.75 Å². The summed E-state index contributed by atoms with van der Waals surface area (Å²) in [4.78, 5) is 11.6. The smallest absolute Gasteiger partial charge is 0.227 e. The first-order valence-corrected chi connectivity index (χ1v) is 5.70. The summed E-state index contributed by atoms with van der Waals surface area (Å²) in [7, 11) is 1.80. The van der Waals surface area contributed by atoms with Gasteiger partial charge in [-0.15, -0.1) is 0 Å². The van der Waals surface area contributed by atoms with Crippen LogP contribution in [0.15, 0.2) is 42.7 Å². The summed E-state index contributed by atoms with van der Waals surface area (Å²) in [5.41, 5.74) is 0.696. The lowest BCUT2D eigenvalue weighted by molar-refractivity contribution is -0.116. The molecule has 1 aromatic heterocycles. The van der Waals surface area contributed by atoms with E-state index < -0.39 is 0 Å². The number of aryl methyl sites for hydroxylation is 1. The molecule has 1 N–H and O–H groups in total. The molecule has 5 nitrogen and oxygen atoms in total. The third-order valence-electron chi connectivity index (χ3n) is 2.33. The summed E-state index contributed by atoms with van der Waals surface area (Å²) in [6.45, 7) is 0.357. The van der Waals surface area contributed by atoms with Gasteiger partial charge in [0.25, 0.3) is 0 Å². The van der Waals surface area contributed by atoms with E-state index in [1.807, 2.05) is 30.3 Å². The van der Waals surface area contributed by atoms with Crippen LogP contribution in [0.2, 0.25) is 0 Å². The summed E-state index contributed by atoms with van der Waals surface area (Å²) >= 11 is 0. The van der Waals surface area contributed by atoms with Gasteiger partial charge < -0.3 is 10.1 Å². The Hall–Kier alpha value is -2.30. The van der Waals surface area contributed by atoms with E-state index in [9.17, 15) is 4.79 Å². The van der Waals surface area contributed by atoms with Crippen molar-refractivity contribution in [3.63, 3.8) is 0 Å². The van der Waals surface area contributed by atoms with Gasteiger partial charge in [0, 0.05) is 13.2 Å². The Kier molecular flexibility index (Phi) is 3.96. The maximum Gasteiger partial charge on any atom is 0.227 e. The van der Waals surface area contributed by atoms with Crippen LogP contribution in [0.1, 0.15) is 6.42 Å². The van der Waals surface area contributed by atoms with Crippen LogP contribution in [0.3, 0.4) is 0 Å². The fourth-order valence-corrected chi connectivity index (χ4v) is 1.49. The molecule has 0 bridgehead atoms. The number of amides is 1. The molecule has 18 heavy (non-hydrogen) atoms. The summed E-state index contributed by atoms with van der Waals surface area (Å²) in [5, 5.41) is 6.71. The topological polar surface area (TPSA) is 56.2 Å². The van der Waals surface area contributed by atoms with Gasteiger partial charge in [-0.05, 0) is 12.1 Å². The fraction of sp³-hybridized carbons (Fsp3) is 0.231. The number of carbonyl (C=O) groups excluding carboxylic acids is 1. The van der Waals surface area contributed by atoms with E-state index in [-0.39, 0.29) is 5.91 Å². The van der Waals surface area contributed by atoms with Crippen LogP contribution in [0, 0.1) is 0 Å². The Labute approximate surface area is 105 Å². The number of rotatable bonds is 5. The second kappa shape index (κ2) is 5.86. The van der Waals surface area contributed by atoms with Crippen molar-refractivity contribution < 1.29 is 9.53 Å². The molecule has 2 rings (SSSR count). The maximum atomic E-state index is 11.6. The average Bonchev–Trinajstić information content (AvgIpc) is 2.76. The lowest BCUT2D eigenvalue weighted by Crippen LogP contribution is -2.14. The molecule has 0 fully saturated rings. The predicted molar refractivity (Wildman–Crippen MR) is 68.4 cm³/mol. The zero-order valence-electron chi connectivity index (χ0n) is 10.2. The maximum absolute atomic E-state index is 11.6. The fourth-order valence-electron chi connectivity index (χ4n) is 1.49. The zero-order valence-corrected chi connectivity index (χ0v) is 10.2. The van der Waals surface area contributed by atoms with Crippen LogP contribution in [0.25, 0.3) is 0 Å².